The van der Waals surface area contributed by atoms with Crippen molar-refractivity contribution in [1.82, 2.24) is 10.3 Å². The number of hydrogen-bond acceptors (Lipinski definition) is 4. The summed E-state index contributed by atoms with van der Waals surface area (Å²) >= 11 is 1.88. The second kappa shape index (κ2) is 7.68. The third-order valence-electron chi connectivity index (χ3n) is 3.89. The van der Waals surface area contributed by atoms with Crippen LogP contribution in [0.3, 0.4) is 0 Å². The topological polar surface area (TPSA) is 54.5 Å². The number of carbonyl (C=O) groups excluding carboxylic acids is 1. The molecule has 9 heteroatoms. The fourth-order valence-corrected chi connectivity index (χ4v) is 3.17. The third kappa shape index (κ3) is 4.57. The standard InChI is InChI=1S/C17H15F3IN3O2/c18-14-6-12(21)7-15(23-14)24-8-13(17(19,20)10-24)22-16(25)26-9-11-4-2-1-3-5-11/h1-7,13H,8-10H2,(H,22,25). The Kier molecular flexibility index (Phi) is 5.54. The molecule has 1 aliphatic rings. The number of anilines is 1. The highest BCUT2D eigenvalue weighted by atomic mass is 127. The molecule has 1 aromatic heterocycles. The Morgan fingerprint density at radius 2 is 2.08 bits per heavy atom. The molecule has 0 spiro atoms. The molecule has 1 N–H and O–H groups in total. The summed E-state index contributed by atoms with van der Waals surface area (Å²) in [6.07, 6.45) is -0.929. The first-order valence-corrected chi connectivity index (χ1v) is 8.84. The molecule has 0 bridgehead atoms. The largest absolute Gasteiger partial charge is 0.445 e. The molecule has 0 aliphatic carbocycles. The average Bonchev–Trinajstić information content (AvgIpc) is 2.88. The zero-order valence-corrected chi connectivity index (χ0v) is 15.6. The number of alkyl carbamates (subject to hydrolysis) is 1. The molecule has 2 heterocycles. The summed E-state index contributed by atoms with van der Waals surface area (Å²) in [5.74, 6) is -3.82. The maximum absolute atomic E-state index is 14.2. The van der Waals surface area contributed by atoms with Gasteiger partial charge in [-0.2, -0.15) is 4.39 Å². The minimum Gasteiger partial charge on any atom is -0.445 e. The first-order chi connectivity index (χ1) is 12.3. The van der Waals surface area contributed by atoms with Gasteiger partial charge in [-0.15, -0.1) is 0 Å². The van der Waals surface area contributed by atoms with Crippen molar-refractivity contribution in [1.29, 1.82) is 0 Å². The molecular weight excluding hydrogens is 462 g/mol. The van der Waals surface area contributed by atoms with Crippen LogP contribution >= 0.6 is 22.6 Å². The van der Waals surface area contributed by atoms with E-state index in [1.54, 1.807) is 24.3 Å². The zero-order chi connectivity index (χ0) is 18.7. The van der Waals surface area contributed by atoms with Crippen molar-refractivity contribution < 1.29 is 22.7 Å². The summed E-state index contributed by atoms with van der Waals surface area (Å²) in [4.78, 5) is 16.7. The van der Waals surface area contributed by atoms with Crippen LogP contribution in [0.4, 0.5) is 23.8 Å². The Balaban J connectivity index is 1.61. The van der Waals surface area contributed by atoms with Gasteiger partial charge in [-0.05, 0) is 34.2 Å². The van der Waals surface area contributed by atoms with Crippen LogP contribution in [0, 0.1) is 9.52 Å². The van der Waals surface area contributed by atoms with Gasteiger partial charge in [-0.25, -0.2) is 18.6 Å². The Morgan fingerprint density at radius 3 is 2.77 bits per heavy atom. The van der Waals surface area contributed by atoms with Crippen molar-refractivity contribution >= 4 is 34.5 Å². The van der Waals surface area contributed by atoms with Crippen LogP contribution in [0.2, 0.25) is 0 Å². The van der Waals surface area contributed by atoms with E-state index in [0.717, 1.165) is 5.56 Å². The fraction of sp³-hybridized carbons (Fsp3) is 0.294. The minimum atomic E-state index is -3.19. The molecule has 1 aromatic carbocycles. The van der Waals surface area contributed by atoms with Crippen molar-refractivity contribution in [2.45, 2.75) is 18.6 Å². The number of nitrogens with one attached hydrogen (secondary N) is 1. The summed E-state index contributed by atoms with van der Waals surface area (Å²) in [6.45, 7) is -0.874. The van der Waals surface area contributed by atoms with E-state index < -0.39 is 30.6 Å². The second-order valence-electron chi connectivity index (χ2n) is 5.87. The summed E-state index contributed by atoms with van der Waals surface area (Å²) in [7, 11) is 0. The average molecular weight is 477 g/mol. The molecule has 5 nitrogen and oxygen atoms in total. The lowest BCUT2D eigenvalue weighted by Gasteiger charge is -2.18. The van der Waals surface area contributed by atoms with E-state index in [1.807, 2.05) is 28.7 Å². The molecule has 0 radical (unpaired) electrons. The van der Waals surface area contributed by atoms with Gasteiger partial charge in [-0.1, -0.05) is 30.3 Å². The molecule has 0 saturated carbocycles. The normalized spacial score (nSPS) is 18.6. The summed E-state index contributed by atoms with van der Waals surface area (Å²) in [5.41, 5.74) is 0.751. The van der Waals surface area contributed by atoms with Crippen LogP contribution in [0.15, 0.2) is 42.5 Å². The Labute approximate surface area is 161 Å². The monoisotopic (exact) mass is 477 g/mol. The van der Waals surface area contributed by atoms with Crippen LogP contribution in [-0.2, 0) is 11.3 Å². The molecule has 1 fully saturated rings. The molecule has 138 valence electrons. The van der Waals surface area contributed by atoms with Gasteiger partial charge in [0.1, 0.15) is 18.5 Å². The van der Waals surface area contributed by atoms with Crippen molar-refractivity contribution in [3.63, 3.8) is 0 Å². The molecule has 2 aromatic rings. The van der Waals surface area contributed by atoms with Crippen molar-refractivity contribution in [3.05, 3.63) is 57.5 Å². The first-order valence-electron chi connectivity index (χ1n) is 7.76. The number of nitrogens with zero attached hydrogens (tertiary/aromatic N) is 2. The van der Waals surface area contributed by atoms with Gasteiger partial charge in [0.15, 0.2) is 0 Å². The Morgan fingerprint density at radius 1 is 1.35 bits per heavy atom. The lowest BCUT2D eigenvalue weighted by atomic mass is 10.2. The van der Waals surface area contributed by atoms with Gasteiger partial charge >= 0.3 is 6.09 Å². The molecule has 26 heavy (non-hydrogen) atoms. The second-order valence-corrected chi connectivity index (χ2v) is 7.11. The molecule has 3 rings (SSSR count). The molecule has 1 unspecified atom stereocenters. The van der Waals surface area contributed by atoms with E-state index >= 15 is 0 Å². The lowest BCUT2D eigenvalue weighted by molar-refractivity contribution is -0.00297. The van der Waals surface area contributed by atoms with Gasteiger partial charge in [-0.3, -0.25) is 0 Å². The maximum Gasteiger partial charge on any atom is 0.407 e. The molecule has 1 aliphatic heterocycles. The number of halogens is 4. The van der Waals surface area contributed by atoms with Crippen LogP contribution in [0.5, 0.6) is 0 Å². The fourth-order valence-electron chi connectivity index (χ4n) is 2.63. The van der Waals surface area contributed by atoms with Gasteiger partial charge in [0.05, 0.1) is 6.54 Å². The number of hydrogen-bond donors (Lipinski definition) is 1. The highest BCUT2D eigenvalue weighted by Gasteiger charge is 2.49. The highest BCUT2D eigenvalue weighted by molar-refractivity contribution is 14.1. The summed E-state index contributed by atoms with van der Waals surface area (Å²) in [5, 5.41) is 2.19. The number of rotatable bonds is 4. The smallest absolute Gasteiger partial charge is 0.407 e. The molecule has 1 saturated heterocycles. The maximum atomic E-state index is 14.2. The number of ether oxygens (including phenoxy) is 1. The van der Waals surface area contributed by atoms with Gasteiger partial charge in [0.25, 0.3) is 5.92 Å². The first kappa shape index (κ1) is 18.7. The van der Waals surface area contributed by atoms with E-state index in [-0.39, 0.29) is 19.0 Å². The number of amides is 1. The van der Waals surface area contributed by atoms with E-state index in [2.05, 4.69) is 10.3 Å². The predicted molar refractivity (Wildman–Crippen MR) is 97.6 cm³/mol. The van der Waals surface area contributed by atoms with E-state index in [9.17, 15) is 18.0 Å². The van der Waals surface area contributed by atoms with Crippen LogP contribution in [-0.4, -0.2) is 36.1 Å². The van der Waals surface area contributed by atoms with Gasteiger partial charge in [0, 0.05) is 16.2 Å². The van der Waals surface area contributed by atoms with E-state index in [1.165, 1.54) is 17.0 Å². The predicted octanol–water partition coefficient (Wildman–Crippen LogP) is 3.58. The number of aromatic nitrogens is 1. The number of carbonyl (C=O) groups is 1. The van der Waals surface area contributed by atoms with Gasteiger partial charge in [0.2, 0.25) is 5.95 Å². The third-order valence-corrected chi connectivity index (χ3v) is 4.51. The molecule has 1 amide bonds. The molecule has 1 atom stereocenters. The zero-order valence-electron chi connectivity index (χ0n) is 13.5. The summed E-state index contributed by atoms with van der Waals surface area (Å²) < 4.78 is 47.4. The number of alkyl halides is 2. The lowest BCUT2D eigenvalue weighted by Crippen LogP contribution is -2.46. The minimum absolute atomic E-state index is 0.0155. The van der Waals surface area contributed by atoms with Gasteiger partial charge < -0.3 is 15.0 Å². The quantitative estimate of drug-likeness (QED) is 0.541. The van der Waals surface area contributed by atoms with Crippen molar-refractivity contribution in [2.75, 3.05) is 18.0 Å². The van der Waals surface area contributed by atoms with Crippen LogP contribution in [0.1, 0.15) is 5.56 Å². The Hall–Kier alpha value is -2.04. The number of benzene rings is 1. The number of pyridine rings is 1. The van der Waals surface area contributed by atoms with Crippen molar-refractivity contribution in [3.8, 4) is 0 Å². The van der Waals surface area contributed by atoms with Crippen LogP contribution < -0.4 is 10.2 Å². The van der Waals surface area contributed by atoms with E-state index in [4.69, 9.17) is 4.74 Å². The Bertz CT molecular complexity index is 772. The van der Waals surface area contributed by atoms with Crippen molar-refractivity contribution in [2.24, 2.45) is 0 Å². The molecular formula is C17H15F3IN3O2. The summed E-state index contributed by atoms with van der Waals surface area (Å²) in [6, 6.07) is 10.2. The van der Waals surface area contributed by atoms with E-state index in [0.29, 0.717) is 3.57 Å². The van der Waals surface area contributed by atoms with Crippen LogP contribution in [0.25, 0.3) is 0 Å². The SMILES string of the molecule is O=C(NC1CN(c2cc(I)cc(F)n2)CC1(F)F)OCc1ccccc1. The highest BCUT2D eigenvalue weighted by Crippen LogP contribution is 2.31.